The SMILES string of the molecule is O=C(Nc1ccc2cc(Br)ccc2c1)OCC(F)(F)F. The molecule has 0 heterocycles. The Labute approximate surface area is 120 Å². The number of anilines is 1. The molecule has 0 aliphatic rings. The van der Waals surface area contributed by atoms with Gasteiger partial charge in [-0.05, 0) is 35.0 Å². The Morgan fingerprint density at radius 2 is 1.80 bits per heavy atom. The van der Waals surface area contributed by atoms with Crippen molar-refractivity contribution in [3.8, 4) is 0 Å². The van der Waals surface area contributed by atoms with Crippen molar-refractivity contribution in [3.05, 3.63) is 40.9 Å². The Balaban J connectivity index is 2.06. The number of alkyl halides is 3. The van der Waals surface area contributed by atoms with Crippen LogP contribution in [-0.2, 0) is 4.74 Å². The number of benzene rings is 2. The first-order valence-electron chi connectivity index (χ1n) is 5.53. The molecule has 0 saturated carbocycles. The van der Waals surface area contributed by atoms with Gasteiger partial charge in [-0.2, -0.15) is 13.2 Å². The van der Waals surface area contributed by atoms with E-state index in [1.165, 1.54) is 0 Å². The lowest BCUT2D eigenvalue weighted by molar-refractivity contribution is -0.159. The highest BCUT2D eigenvalue weighted by molar-refractivity contribution is 9.10. The Morgan fingerprint density at radius 3 is 2.50 bits per heavy atom. The van der Waals surface area contributed by atoms with E-state index < -0.39 is 18.9 Å². The molecular weight excluding hydrogens is 339 g/mol. The van der Waals surface area contributed by atoms with E-state index in [-0.39, 0.29) is 0 Å². The van der Waals surface area contributed by atoms with Crippen LogP contribution in [0, 0.1) is 0 Å². The van der Waals surface area contributed by atoms with Gasteiger partial charge in [0.2, 0.25) is 0 Å². The molecule has 0 atom stereocenters. The molecule has 0 radical (unpaired) electrons. The number of ether oxygens (including phenoxy) is 1. The lowest BCUT2D eigenvalue weighted by Crippen LogP contribution is -2.23. The van der Waals surface area contributed by atoms with E-state index >= 15 is 0 Å². The average molecular weight is 348 g/mol. The van der Waals surface area contributed by atoms with Gasteiger partial charge in [0.05, 0.1) is 0 Å². The van der Waals surface area contributed by atoms with E-state index in [9.17, 15) is 18.0 Å². The van der Waals surface area contributed by atoms with Crippen LogP contribution in [-0.4, -0.2) is 18.9 Å². The number of carbonyl (C=O) groups is 1. The van der Waals surface area contributed by atoms with Gasteiger partial charge in [-0.3, -0.25) is 5.32 Å². The Morgan fingerprint density at radius 1 is 1.15 bits per heavy atom. The van der Waals surface area contributed by atoms with E-state index in [0.29, 0.717) is 5.69 Å². The third-order valence-corrected chi connectivity index (χ3v) is 2.91. The summed E-state index contributed by atoms with van der Waals surface area (Å²) in [5.74, 6) is 0. The summed E-state index contributed by atoms with van der Waals surface area (Å²) in [6, 6.07) is 10.5. The molecule has 0 bridgehead atoms. The predicted octanol–water partition coefficient (Wildman–Crippen LogP) is 4.71. The van der Waals surface area contributed by atoms with Gasteiger partial charge < -0.3 is 4.74 Å². The lowest BCUT2D eigenvalue weighted by atomic mass is 10.1. The van der Waals surface area contributed by atoms with Crippen molar-refractivity contribution in [2.24, 2.45) is 0 Å². The zero-order valence-corrected chi connectivity index (χ0v) is 11.6. The summed E-state index contributed by atoms with van der Waals surface area (Å²) in [7, 11) is 0. The van der Waals surface area contributed by atoms with E-state index in [4.69, 9.17) is 0 Å². The Hall–Kier alpha value is -1.76. The summed E-state index contributed by atoms with van der Waals surface area (Å²) in [5.41, 5.74) is 0.368. The number of hydrogen-bond acceptors (Lipinski definition) is 2. The van der Waals surface area contributed by atoms with Crippen molar-refractivity contribution in [2.45, 2.75) is 6.18 Å². The fraction of sp³-hybridized carbons (Fsp3) is 0.154. The molecule has 2 rings (SSSR count). The quantitative estimate of drug-likeness (QED) is 0.853. The Bertz CT molecular complexity index is 643. The summed E-state index contributed by atoms with van der Waals surface area (Å²) in [6.45, 7) is -1.61. The van der Waals surface area contributed by atoms with Crippen molar-refractivity contribution >= 4 is 38.5 Å². The molecule has 0 aliphatic heterocycles. The van der Waals surface area contributed by atoms with Crippen LogP contribution in [0.3, 0.4) is 0 Å². The fourth-order valence-electron chi connectivity index (χ4n) is 1.60. The monoisotopic (exact) mass is 347 g/mol. The summed E-state index contributed by atoms with van der Waals surface area (Å²) >= 11 is 3.33. The largest absolute Gasteiger partial charge is 0.440 e. The highest BCUT2D eigenvalue weighted by atomic mass is 79.9. The van der Waals surface area contributed by atoms with E-state index in [0.717, 1.165) is 15.2 Å². The summed E-state index contributed by atoms with van der Waals surface area (Å²) in [4.78, 5) is 11.2. The van der Waals surface area contributed by atoms with Gasteiger partial charge in [-0.15, -0.1) is 0 Å². The standard InChI is InChI=1S/C13H9BrF3NO2/c14-10-3-1-9-6-11(4-2-8(9)5-10)18-12(19)20-7-13(15,16)17/h1-6H,7H2,(H,18,19). The van der Waals surface area contributed by atoms with E-state index in [1.807, 2.05) is 18.2 Å². The van der Waals surface area contributed by atoms with Gasteiger partial charge in [0.25, 0.3) is 0 Å². The first kappa shape index (κ1) is 14.6. The van der Waals surface area contributed by atoms with Crippen LogP contribution in [0.15, 0.2) is 40.9 Å². The second-order valence-electron chi connectivity index (χ2n) is 4.02. The van der Waals surface area contributed by atoms with Crippen LogP contribution in [0.25, 0.3) is 10.8 Å². The molecular formula is C13H9BrF3NO2. The maximum atomic E-state index is 11.9. The second kappa shape index (κ2) is 5.70. The van der Waals surface area contributed by atoms with Gasteiger partial charge >= 0.3 is 12.3 Å². The molecule has 1 amide bonds. The van der Waals surface area contributed by atoms with Crippen molar-refractivity contribution in [3.63, 3.8) is 0 Å². The van der Waals surface area contributed by atoms with Crippen molar-refractivity contribution in [1.29, 1.82) is 0 Å². The number of halogens is 4. The summed E-state index contributed by atoms with van der Waals surface area (Å²) < 4.78 is 40.6. The number of rotatable bonds is 2. The summed E-state index contributed by atoms with van der Waals surface area (Å²) in [5, 5.41) is 4.04. The van der Waals surface area contributed by atoms with Crippen LogP contribution in [0.4, 0.5) is 23.7 Å². The average Bonchev–Trinajstić information content (AvgIpc) is 2.36. The first-order valence-corrected chi connectivity index (χ1v) is 6.33. The van der Waals surface area contributed by atoms with Gasteiger partial charge in [0.15, 0.2) is 6.61 Å². The third-order valence-electron chi connectivity index (χ3n) is 2.42. The third kappa shape index (κ3) is 4.12. The van der Waals surface area contributed by atoms with Crippen LogP contribution < -0.4 is 5.32 Å². The number of fused-ring (bicyclic) bond motifs is 1. The molecule has 0 aromatic heterocycles. The Kier molecular flexibility index (Phi) is 4.17. The molecule has 0 unspecified atom stereocenters. The number of amides is 1. The molecule has 0 aliphatic carbocycles. The molecule has 0 saturated heterocycles. The van der Waals surface area contributed by atoms with Crippen molar-refractivity contribution in [2.75, 3.05) is 11.9 Å². The van der Waals surface area contributed by atoms with Crippen LogP contribution in [0.2, 0.25) is 0 Å². The smallest absolute Gasteiger partial charge is 0.422 e. The predicted molar refractivity (Wildman–Crippen MR) is 72.7 cm³/mol. The molecule has 20 heavy (non-hydrogen) atoms. The van der Waals surface area contributed by atoms with Crippen LogP contribution >= 0.6 is 15.9 Å². The molecule has 2 aromatic rings. The normalized spacial score (nSPS) is 11.4. The molecule has 0 fully saturated rings. The maximum absolute atomic E-state index is 11.9. The molecule has 7 heteroatoms. The minimum Gasteiger partial charge on any atom is -0.440 e. The van der Waals surface area contributed by atoms with Crippen molar-refractivity contribution < 1.29 is 22.7 Å². The van der Waals surface area contributed by atoms with E-state index in [1.54, 1.807) is 18.2 Å². The fourth-order valence-corrected chi connectivity index (χ4v) is 1.97. The second-order valence-corrected chi connectivity index (χ2v) is 4.94. The molecule has 1 N–H and O–H groups in total. The minimum atomic E-state index is -4.53. The number of hydrogen-bond donors (Lipinski definition) is 1. The van der Waals surface area contributed by atoms with Crippen LogP contribution in [0.1, 0.15) is 0 Å². The van der Waals surface area contributed by atoms with Gasteiger partial charge in [-0.25, -0.2) is 4.79 Å². The maximum Gasteiger partial charge on any atom is 0.422 e. The lowest BCUT2D eigenvalue weighted by Gasteiger charge is -2.09. The highest BCUT2D eigenvalue weighted by Gasteiger charge is 2.29. The highest BCUT2D eigenvalue weighted by Crippen LogP contribution is 2.23. The topological polar surface area (TPSA) is 38.3 Å². The van der Waals surface area contributed by atoms with E-state index in [2.05, 4.69) is 26.0 Å². The molecule has 2 aromatic carbocycles. The van der Waals surface area contributed by atoms with Crippen LogP contribution in [0.5, 0.6) is 0 Å². The van der Waals surface area contributed by atoms with Gasteiger partial charge in [0.1, 0.15) is 0 Å². The minimum absolute atomic E-state index is 0.368. The number of nitrogens with one attached hydrogen (secondary N) is 1. The summed E-state index contributed by atoms with van der Waals surface area (Å²) in [6.07, 6.45) is -5.67. The van der Waals surface area contributed by atoms with Crippen molar-refractivity contribution in [1.82, 2.24) is 0 Å². The van der Waals surface area contributed by atoms with Gasteiger partial charge in [-0.1, -0.05) is 28.1 Å². The molecule has 0 spiro atoms. The number of carbonyl (C=O) groups excluding carboxylic acids is 1. The zero-order valence-electron chi connectivity index (χ0n) is 10.00. The molecule has 106 valence electrons. The molecule has 3 nitrogen and oxygen atoms in total. The first-order chi connectivity index (χ1) is 9.33. The zero-order chi connectivity index (χ0) is 14.8. The van der Waals surface area contributed by atoms with Gasteiger partial charge in [0, 0.05) is 10.2 Å².